The molecule has 0 aliphatic heterocycles. The fraction of sp³-hybridized carbons (Fsp3) is 0.217. The monoisotopic (exact) mass is 393 g/mol. The quantitative estimate of drug-likeness (QED) is 0.554. The third-order valence-corrected chi connectivity index (χ3v) is 4.58. The van der Waals surface area contributed by atoms with Crippen molar-refractivity contribution in [2.24, 2.45) is 11.7 Å². The molecule has 0 bridgehead atoms. The lowest BCUT2D eigenvalue weighted by molar-refractivity contribution is -0.121. The first-order valence-corrected chi connectivity index (χ1v) is 9.47. The van der Waals surface area contributed by atoms with Crippen molar-refractivity contribution < 1.29 is 13.9 Å². The van der Waals surface area contributed by atoms with Gasteiger partial charge in [0.15, 0.2) is 0 Å². The summed E-state index contributed by atoms with van der Waals surface area (Å²) in [5.41, 5.74) is 8.25. The van der Waals surface area contributed by atoms with Crippen molar-refractivity contribution in [3.63, 3.8) is 0 Å². The molecule has 2 aromatic carbocycles. The topological polar surface area (TPSA) is 77.2 Å². The van der Waals surface area contributed by atoms with Crippen LogP contribution in [0.1, 0.15) is 16.8 Å². The number of hydrogen-bond acceptors (Lipinski definition) is 4. The number of rotatable bonds is 10. The predicted molar refractivity (Wildman–Crippen MR) is 110 cm³/mol. The molecule has 1 heterocycles. The van der Waals surface area contributed by atoms with Gasteiger partial charge in [0, 0.05) is 24.8 Å². The van der Waals surface area contributed by atoms with E-state index in [0.717, 1.165) is 22.6 Å². The standard InChI is InChI=1S/C23H24FN3O2/c24-20-10-8-17(9-11-20)13-19(23(25)28)15-26-14-18-5-1-2-7-22(18)29-16-21-6-3-4-12-27-21/h1-12,19,26H,13-16H2,(H2,25,28). The van der Waals surface area contributed by atoms with Crippen LogP contribution in [0, 0.1) is 11.7 Å². The maximum atomic E-state index is 13.1. The Bertz CT molecular complexity index is 917. The van der Waals surface area contributed by atoms with Crippen LogP contribution in [0.2, 0.25) is 0 Å². The number of nitrogens with two attached hydrogens (primary N) is 1. The van der Waals surface area contributed by atoms with E-state index in [-0.39, 0.29) is 17.6 Å². The number of carbonyl (C=O) groups excluding carboxylic acids is 1. The van der Waals surface area contributed by atoms with Gasteiger partial charge < -0.3 is 15.8 Å². The minimum absolute atomic E-state index is 0.301. The van der Waals surface area contributed by atoms with Gasteiger partial charge in [-0.2, -0.15) is 0 Å². The molecule has 1 aromatic heterocycles. The number of halogens is 1. The summed E-state index contributed by atoms with van der Waals surface area (Å²) >= 11 is 0. The number of aromatic nitrogens is 1. The number of para-hydroxylation sites is 1. The molecule has 1 atom stereocenters. The Hall–Kier alpha value is -3.25. The van der Waals surface area contributed by atoms with E-state index in [1.54, 1.807) is 18.3 Å². The highest BCUT2D eigenvalue weighted by molar-refractivity contribution is 5.77. The van der Waals surface area contributed by atoms with Crippen molar-refractivity contribution in [2.45, 2.75) is 19.6 Å². The first kappa shape index (κ1) is 20.5. The second-order valence-corrected chi connectivity index (χ2v) is 6.78. The van der Waals surface area contributed by atoms with Crippen LogP contribution in [0.15, 0.2) is 72.9 Å². The summed E-state index contributed by atoms with van der Waals surface area (Å²) in [5.74, 6) is -0.312. The van der Waals surface area contributed by atoms with Gasteiger partial charge in [0.25, 0.3) is 0 Å². The van der Waals surface area contributed by atoms with Gasteiger partial charge in [-0.3, -0.25) is 9.78 Å². The zero-order chi connectivity index (χ0) is 20.5. The summed E-state index contributed by atoms with van der Waals surface area (Å²) in [4.78, 5) is 16.1. The number of carbonyl (C=O) groups is 1. The van der Waals surface area contributed by atoms with Crippen molar-refractivity contribution in [2.75, 3.05) is 6.54 Å². The van der Waals surface area contributed by atoms with E-state index in [0.29, 0.717) is 26.1 Å². The van der Waals surface area contributed by atoms with Crippen LogP contribution >= 0.6 is 0 Å². The Kier molecular flexibility index (Phi) is 7.30. The van der Waals surface area contributed by atoms with Gasteiger partial charge in [0.2, 0.25) is 5.91 Å². The molecule has 1 unspecified atom stereocenters. The van der Waals surface area contributed by atoms with Crippen LogP contribution in [0.3, 0.4) is 0 Å². The summed E-state index contributed by atoms with van der Waals surface area (Å²) < 4.78 is 19.0. The lowest BCUT2D eigenvalue weighted by Crippen LogP contribution is -2.34. The summed E-state index contributed by atoms with van der Waals surface area (Å²) in [6, 6.07) is 19.5. The van der Waals surface area contributed by atoms with Crippen LogP contribution < -0.4 is 15.8 Å². The summed E-state index contributed by atoms with van der Waals surface area (Å²) in [7, 11) is 0. The van der Waals surface area contributed by atoms with Crippen molar-refractivity contribution in [1.29, 1.82) is 0 Å². The fourth-order valence-corrected chi connectivity index (χ4v) is 2.99. The molecule has 150 valence electrons. The third-order valence-electron chi connectivity index (χ3n) is 4.58. The molecular weight excluding hydrogens is 369 g/mol. The minimum atomic E-state index is -0.387. The number of hydrogen-bond donors (Lipinski definition) is 2. The molecule has 29 heavy (non-hydrogen) atoms. The molecule has 1 amide bonds. The highest BCUT2D eigenvalue weighted by atomic mass is 19.1. The summed E-state index contributed by atoms with van der Waals surface area (Å²) in [6.45, 7) is 1.33. The number of ether oxygens (including phenoxy) is 1. The maximum Gasteiger partial charge on any atom is 0.222 e. The number of nitrogens with one attached hydrogen (secondary N) is 1. The smallest absolute Gasteiger partial charge is 0.222 e. The lowest BCUT2D eigenvalue weighted by atomic mass is 9.98. The molecule has 3 N–H and O–H groups in total. The molecule has 0 saturated heterocycles. The number of primary amides is 1. The van der Waals surface area contributed by atoms with Crippen molar-refractivity contribution in [3.05, 3.63) is 95.6 Å². The predicted octanol–water partition coefficient (Wildman–Crippen LogP) is 3.23. The Balaban J connectivity index is 1.55. The van der Waals surface area contributed by atoms with Gasteiger partial charge >= 0.3 is 0 Å². The van der Waals surface area contributed by atoms with Gasteiger partial charge in [-0.25, -0.2) is 4.39 Å². The highest BCUT2D eigenvalue weighted by Gasteiger charge is 2.16. The zero-order valence-electron chi connectivity index (χ0n) is 16.1. The Morgan fingerprint density at radius 3 is 2.55 bits per heavy atom. The number of nitrogens with zero attached hydrogens (tertiary/aromatic N) is 1. The van der Waals surface area contributed by atoms with E-state index in [9.17, 15) is 9.18 Å². The van der Waals surface area contributed by atoms with E-state index in [1.807, 2.05) is 42.5 Å². The van der Waals surface area contributed by atoms with Crippen LogP contribution in [0.25, 0.3) is 0 Å². The van der Waals surface area contributed by atoms with Crippen molar-refractivity contribution in [3.8, 4) is 5.75 Å². The van der Waals surface area contributed by atoms with E-state index >= 15 is 0 Å². The van der Waals surface area contributed by atoms with Crippen molar-refractivity contribution >= 4 is 5.91 Å². The molecule has 0 saturated carbocycles. The Morgan fingerprint density at radius 1 is 1.07 bits per heavy atom. The van der Waals surface area contributed by atoms with E-state index in [2.05, 4.69) is 10.3 Å². The van der Waals surface area contributed by atoms with E-state index in [1.165, 1.54) is 12.1 Å². The average Bonchev–Trinajstić information content (AvgIpc) is 2.74. The molecule has 0 radical (unpaired) electrons. The Morgan fingerprint density at radius 2 is 1.83 bits per heavy atom. The maximum absolute atomic E-state index is 13.1. The molecular formula is C23H24FN3O2. The molecule has 3 rings (SSSR count). The highest BCUT2D eigenvalue weighted by Crippen LogP contribution is 2.19. The van der Waals surface area contributed by atoms with Gasteiger partial charge in [-0.15, -0.1) is 0 Å². The second kappa shape index (κ2) is 10.3. The van der Waals surface area contributed by atoms with Gasteiger partial charge in [0.05, 0.1) is 11.6 Å². The molecule has 5 nitrogen and oxygen atoms in total. The minimum Gasteiger partial charge on any atom is -0.487 e. The lowest BCUT2D eigenvalue weighted by Gasteiger charge is -2.16. The first-order chi connectivity index (χ1) is 14.1. The Labute approximate surface area is 169 Å². The van der Waals surface area contributed by atoms with Gasteiger partial charge in [-0.05, 0) is 42.3 Å². The van der Waals surface area contributed by atoms with Crippen LogP contribution in [-0.2, 0) is 24.4 Å². The third kappa shape index (κ3) is 6.40. The van der Waals surface area contributed by atoms with Gasteiger partial charge in [-0.1, -0.05) is 36.4 Å². The number of benzene rings is 2. The molecule has 0 spiro atoms. The number of pyridine rings is 1. The zero-order valence-corrected chi connectivity index (χ0v) is 16.1. The van der Waals surface area contributed by atoms with Crippen LogP contribution in [0.4, 0.5) is 4.39 Å². The molecule has 0 aliphatic rings. The molecule has 3 aromatic rings. The van der Waals surface area contributed by atoms with E-state index in [4.69, 9.17) is 10.5 Å². The van der Waals surface area contributed by atoms with Crippen molar-refractivity contribution in [1.82, 2.24) is 10.3 Å². The number of amides is 1. The van der Waals surface area contributed by atoms with Crippen LogP contribution in [0.5, 0.6) is 5.75 Å². The van der Waals surface area contributed by atoms with Crippen LogP contribution in [-0.4, -0.2) is 17.4 Å². The van der Waals surface area contributed by atoms with Gasteiger partial charge in [0.1, 0.15) is 18.2 Å². The molecule has 0 fully saturated rings. The molecule has 0 aliphatic carbocycles. The average molecular weight is 393 g/mol. The normalized spacial score (nSPS) is 11.8. The summed E-state index contributed by atoms with van der Waals surface area (Å²) in [6.07, 6.45) is 2.19. The fourth-order valence-electron chi connectivity index (χ4n) is 2.99. The molecule has 6 heteroatoms. The van der Waals surface area contributed by atoms with E-state index < -0.39 is 0 Å². The second-order valence-electron chi connectivity index (χ2n) is 6.78. The largest absolute Gasteiger partial charge is 0.487 e. The SMILES string of the molecule is NC(=O)C(CNCc1ccccc1OCc1ccccn1)Cc1ccc(F)cc1. The first-order valence-electron chi connectivity index (χ1n) is 9.47. The summed E-state index contributed by atoms with van der Waals surface area (Å²) in [5, 5.41) is 3.28.